The minimum absolute atomic E-state index is 0.154. The number of amides is 1. The van der Waals surface area contributed by atoms with E-state index in [9.17, 15) is 9.59 Å². The standard InChI is InChI=1S/C21H19BrN4O3/c1-29-18-7-6-15(22)12-14(18)13-24-19(27)8-11-26-20-16(4-2-9-23-20)25-10-3-5-17(25)21(26)28/h2-7,9-10,12H,8,11,13H2,1H3,(H,24,27). The molecule has 4 rings (SSSR count). The molecule has 0 radical (unpaired) electrons. The SMILES string of the molecule is COc1ccc(Br)cc1CNC(=O)CCn1c(=O)c2cccn2c2cccnc21. The Balaban J connectivity index is 1.52. The van der Waals surface area contributed by atoms with E-state index in [4.69, 9.17) is 4.74 Å². The summed E-state index contributed by atoms with van der Waals surface area (Å²) in [4.78, 5) is 29.7. The maximum Gasteiger partial charge on any atom is 0.276 e. The Morgan fingerprint density at radius 2 is 2.03 bits per heavy atom. The molecule has 7 nitrogen and oxygen atoms in total. The first-order chi connectivity index (χ1) is 14.1. The van der Waals surface area contributed by atoms with Gasteiger partial charge in [-0.2, -0.15) is 0 Å². The van der Waals surface area contributed by atoms with Gasteiger partial charge >= 0.3 is 0 Å². The Morgan fingerprint density at radius 3 is 2.86 bits per heavy atom. The van der Waals surface area contributed by atoms with E-state index in [-0.39, 0.29) is 24.4 Å². The van der Waals surface area contributed by atoms with Gasteiger partial charge in [0.1, 0.15) is 11.3 Å². The van der Waals surface area contributed by atoms with Crippen molar-refractivity contribution in [2.75, 3.05) is 7.11 Å². The summed E-state index contributed by atoms with van der Waals surface area (Å²) in [6.45, 7) is 0.586. The fourth-order valence-corrected chi connectivity index (χ4v) is 3.78. The van der Waals surface area contributed by atoms with Gasteiger partial charge in [0, 0.05) is 41.9 Å². The molecule has 0 saturated carbocycles. The van der Waals surface area contributed by atoms with Gasteiger partial charge in [-0.05, 0) is 42.5 Å². The predicted octanol–water partition coefficient (Wildman–Crippen LogP) is 3.13. The summed E-state index contributed by atoms with van der Waals surface area (Å²) >= 11 is 3.43. The quantitative estimate of drug-likeness (QED) is 0.485. The molecule has 0 fully saturated rings. The van der Waals surface area contributed by atoms with Crippen molar-refractivity contribution < 1.29 is 9.53 Å². The molecule has 0 bridgehead atoms. The van der Waals surface area contributed by atoms with Crippen molar-refractivity contribution in [3.05, 3.63) is 75.2 Å². The molecular formula is C21H19BrN4O3. The zero-order valence-electron chi connectivity index (χ0n) is 15.8. The number of halogens is 1. The maximum atomic E-state index is 12.9. The maximum absolute atomic E-state index is 12.9. The van der Waals surface area contributed by atoms with E-state index in [0.29, 0.717) is 23.5 Å². The van der Waals surface area contributed by atoms with E-state index in [2.05, 4.69) is 26.2 Å². The first-order valence-electron chi connectivity index (χ1n) is 9.12. The van der Waals surface area contributed by atoms with Gasteiger partial charge in [0.25, 0.3) is 5.56 Å². The van der Waals surface area contributed by atoms with Crippen LogP contribution in [0.3, 0.4) is 0 Å². The van der Waals surface area contributed by atoms with Crippen LogP contribution in [-0.2, 0) is 17.9 Å². The summed E-state index contributed by atoms with van der Waals surface area (Å²) in [6, 6.07) is 13.0. The molecule has 0 spiro atoms. The molecule has 29 heavy (non-hydrogen) atoms. The molecule has 1 amide bonds. The topological polar surface area (TPSA) is 77.6 Å². The Bertz CT molecular complexity index is 1260. The lowest BCUT2D eigenvalue weighted by Crippen LogP contribution is -2.28. The van der Waals surface area contributed by atoms with Crippen molar-refractivity contribution in [1.82, 2.24) is 19.3 Å². The molecule has 1 aromatic carbocycles. The van der Waals surface area contributed by atoms with Crippen LogP contribution in [-0.4, -0.2) is 27.0 Å². The number of hydrogen-bond acceptors (Lipinski definition) is 4. The highest BCUT2D eigenvalue weighted by molar-refractivity contribution is 9.10. The average Bonchev–Trinajstić information content (AvgIpc) is 3.23. The number of methoxy groups -OCH3 is 1. The van der Waals surface area contributed by atoms with Gasteiger partial charge in [-0.1, -0.05) is 15.9 Å². The number of pyridine rings is 1. The number of fused-ring (bicyclic) bond motifs is 3. The van der Waals surface area contributed by atoms with Gasteiger partial charge in [0.05, 0.1) is 12.6 Å². The molecule has 4 aromatic rings. The molecule has 0 saturated heterocycles. The Kier molecular flexibility index (Phi) is 5.35. The minimum Gasteiger partial charge on any atom is -0.496 e. The lowest BCUT2D eigenvalue weighted by molar-refractivity contribution is -0.121. The number of aryl methyl sites for hydroxylation is 1. The number of carbonyl (C=O) groups excluding carboxylic acids is 1. The zero-order valence-corrected chi connectivity index (χ0v) is 17.3. The van der Waals surface area contributed by atoms with Gasteiger partial charge in [-0.15, -0.1) is 0 Å². The Labute approximate surface area is 175 Å². The predicted molar refractivity (Wildman–Crippen MR) is 114 cm³/mol. The first-order valence-corrected chi connectivity index (χ1v) is 9.91. The van der Waals surface area contributed by atoms with E-state index in [0.717, 1.165) is 15.6 Å². The van der Waals surface area contributed by atoms with Crippen LogP contribution in [0.2, 0.25) is 0 Å². The largest absolute Gasteiger partial charge is 0.496 e. The second kappa shape index (κ2) is 8.08. The van der Waals surface area contributed by atoms with E-state index >= 15 is 0 Å². The number of ether oxygens (including phenoxy) is 1. The number of benzene rings is 1. The molecular weight excluding hydrogens is 436 g/mol. The monoisotopic (exact) mass is 454 g/mol. The normalized spacial score (nSPS) is 11.1. The highest BCUT2D eigenvalue weighted by Gasteiger charge is 2.13. The van der Waals surface area contributed by atoms with Gasteiger partial charge in [0.15, 0.2) is 5.65 Å². The number of nitrogens with zero attached hydrogens (tertiary/aromatic N) is 3. The van der Waals surface area contributed by atoms with E-state index in [1.54, 1.807) is 23.9 Å². The molecule has 0 unspecified atom stereocenters. The summed E-state index contributed by atoms with van der Waals surface area (Å²) in [5.74, 6) is 0.553. The van der Waals surface area contributed by atoms with Crippen LogP contribution in [0.4, 0.5) is 0 Å². The van der Waals surface area contributed by atoms with Crippen LogP contribution < -0.4 is 15.6 Å². The smallest absolute Gasteiger partial charge is 0.276 e. The third kappa shape index (κ3) is 3.75. The van der Waals surface area contributed by atoms with Crippen LogP contribution in [0.5, 0.6) is 5.75 Å². The summed E-state index contributed by atoms with van der Waals surface area (Å²) < 4.78 is 9.62. The Hall–Kier alpha value is -3.13. The van der Waals surface area contributed by atoms with Crippen molar-refractivity contribution in [1.29, 1.82) is 0 Å². The van der Waals surface area contributed by atoms with Crippen LogP contribution in [0.25, 0.3) is 16.7 Å². The fraction of sp³-hybridized carbons (Fsp3) is 0.190. The lowest BCUT2D eigenvalue weighted by Gasteiger charge is -2.13. The Morgan fingerprint density at radius 1 is 1.21 bits per heavy atom. The summed E-state index contributed by atoms with van der Waals surface area (Å²) in [6.07, 6.45) is 3.65. The van der Waals surface area contributed by atoms with Crippen molar-refractivity contribution in [3.8, 4) is 5.75 Å². The molecule has 3 aromatic heterocycles. The molecule has 8 heteroatoms. The van der Waals surface area contributed by atoms with Gasteiger partial charge in [0.2, 0.25) is 5.91 Å². The van der Waals surface area contributed by atoms with Crippen LogP contribution >= 0.6 is 15.9 Å². The second-order valence-electron chi connectivity index (χ2n) is 6.55. The van der Waals surface area contributed by atoms with Crippen molar-refractivity contribution in [2.45, 2.75) is 19.5 Å². The third-order valence-electron chi connectivity index (χ3n) is 4.78. The highest BCUT2D eigenvalue weighted by Crippen LogP contribution is 2.22. The molecule has 1 N–H and O–H groups in total. The van der Waals surface area contributed by atoms with E-state index < -0.39 is 0 Å². The average molecular weight is 455 g/mol. The van der Waals surface area contributed by atoms with Crippen molar-refractivity contribution in [2.24, 2.45) is 0 Å². The molecule has 0 aliphatic heterocycles. The summed E-state index contributed by atoms with van der Waals surface area (Å²) in [5.41, 5.74) is 2.65. The number of hydrogen-bond donors (Lipinski definition) is 1. The number of rotatable bonds is 6. The second-order valence-corrected chi connectivity index (χ2v) is 7.46. The van der Waals surface area contributed by atoms with Crippen LogP contribution in [0.1, 0.15) is 12.0 Å². The van der Waals surface area contributed by atoms with Gasteiger partial charge < -0.3 is 14.5 Å². The summed E-state index contributed by atoms with van der Waals surface area (Å²) in [7, 11) is 1.59. The molecule has 148 valence electrons. The molecule has 0 atom stereocenters. The number of nitrogens with one attached hydrogen (secondary N) is 1. The fourth-order valence-electron chi connectivity index (χ4n) is 3.37. The van der Waals surface area contributed by atoms with Crippen LogP contribution in [0.15, 0.2) is 64.1 Å². The third-order valence-corrected chi connectivity index (χ3v) is 5.27. The van der Waals surface area contributed by atoms with Crippen LogP contribution in [0, 0.1) is 0 Å². The summed E-state index contributed by atoms with van der Waals surface area (Å²) in [5, 5.41) is 2.89. The zero-order chi connectivity index (χ0) is 20.4. The number of carbonyl (C=O) groups is 1. The van der Waals surface area contributed by atoms with E-state index in [1.165, 1.54) is 0 Å². The van der Waals surface area contributed by atoms with Gasteiger partial charge in [-0.3, -0.25) is 14.2 Å². The van der Waals surface area contributed by atoms with Gasteiger partial charge in [-0.25, -0.2) is 4.98 Å². The lowest BCUT2D eigenvalue weighted by atomic mass is 10.2. The number of aromatic nitrogens is 3. The molecule has 0 aliphatic rings. The first kappa shape index (κ1) is 19.2. The minimum atomic E-state index is -0.164. The highest BCUT2D eigenvalue weighted by atomic mass is 79.9. The van der Waals surface area contributed by atoms with Crippen molar-refractivity contribution in [3.63, 3.8) is 0 Å². The van der Waals surface area contributed by atoms with Crippen molar-refractivity contribution >= 4 is 38.5 Å². The molecule has 0 aliphatic carbocycles. The van der Waals surface area contributed by atoms with E-state index in [1.807, 2.05) is 47.0 Å². The molecule has 3 heterocycles.